The van der Waals surface area contributed by atoms with Crippen LogP contribution in [-0.2, 0) is 19.3 Å². The third kappa shape index (κ3) is 5.07. The Labute approximate surface area is 222 Å². The molecule has 5 rings (SSSR count). The summed E-state index contributed by atoms with van der Waals surface area (Å²) in [5.74, 6) is 6.29. The zero-order valence-corrected chi connectivity index (χ0v) is 21.3. The summed E-state index contributed by atoms with van der Waals surface area (Å²) in [5, 5.41) is 0. The number of para-hydroxylation sites is 1. The summed E-state index contributed by atoms with van der Waals surface area (Å²) in [6, 6.07) is 13.3. The Morgan fingerprint density at radius 2 is 1.85 bits per heavy atom. The van der Waals surface area contributed by atoms with Crippen LogP contribution < -0.4 is 21.9 Å². The average molecular weight is 537 g/mol. The number of imidazole rings is 1. The number of hydrogen-bond acceptors (Lipinski definition) is 5. The molecule has 3 heterocycles. The smallest absolute Gasteiger partial charge is 0.341 e. The molecule has 0 saturated carbocycles. The highest BCUT2D eigenvalue weighted by atomic mass is 19.4. The van der Waals surface area contributed by atoms with Gasteiger partial charge in [0, 0.05) is 19.1 Å². The van der Waals surface area contributed by atoms with Gasteiger partial charge in [0.1, 0.15) is 0 Å². The molecular formula is C28H27F3N6O2. The van der Waals surface area contributed by atoms with Crippen molar-refractivity contribution >= 4 is 17.1 Å². The summed E-state index contributed by atoms with van der Waals surface area (Å²) in [7, 11) is 0. The van der Waals surface area contributed by atoms with Gasteiger partial charge >= 0.3 is 11.9 Å². The lowest BCUT2D eigenvalue weighted by Gasteiger charge is -2.31. The number of nitrogens with two attached hydrogens (primary N) is 1. The van der Waals surface area contributed by atoms with E-state index in [0.29, 0.717) is 24.7 Å². The SMILES string of the molecule is CC#CCn1c(N2CCC[C@@H](N)C2)nc2c1c(=O)n(Cc1cccc(C(F)(F)F)c1)c(=O)n2-c1ccccc1. The molecule has 11 heteroatoms. The second-order valence-corrected chi connectivity index (χ2v) is 9.49. The van der Waals surface area contributed by atoms with E-state index in [2.05, 4.69) is 11.8 Å². The van der Waals surface area contributed by atoms with Gasteiger partial charge in [-0.15, -0.1) is 5.92 Å². The molecule has 39 heavy (non-hydrogen) atoms. The van der Waals surface area contributed by atoms with Crippen molar-refractivity contribution in [1.82, 2.24) is 18.7 Å². The van der Waals surface area contributed by atoms with Crippen LogP contribution in [0.25, 0.3) is 16.9 Å². The number of nitrogens with zero attached hydrogens (tertiary/aromatic N) is 5. The summed E-state index contributed by atoms with van der Waals surface area (Å²) in [6.07, 6.45) is -2.85. The number of aromatic nitrogens is 4. The van der Waals surface area contributed by atoms with Crippen LogP contribution in [0.5, 0.6) is 0 Å². The molecule has 202 valence electrons. The lowest BCUT2D eigenvalue weighted by atomic mass is 10.1. The average Bonchev–Trinajstić information content (AvgIpc) is 3.29. The number of piperidine rings is 1. The van der Waals surface area contributed by atoms with Crippen LogP contribution in [0.1, 0.15) is 30.9 Å². The maximum atomic E-state index is 13.9. The molecule has 0 bridgehead atoms. The predicted molar refractivity (Wildman–Crippen MR) is 143 cm³/mol. The number of benzene rings is 2. The van der Waals surface area contributed by atoms with Crippen LogP contribution in [0, 0.1) is 11.8 Å². The van der Waals surface area contributed by atoms with E-state index in [1.54, 1.807) is 41.8 Å². The first-order valence-electron chi connectivity index (χ1n) is 12.6. The molecule has 0 radical (unpaired) electrons. The molecule has 1 saturated heterocycles. The Bertz CT molecular complexity index is 1690. The normalized spacial score (nSPS) is 15.8. The van der Waals surface area contributed by atoms with E-state index >= 15 is 0 Å². The Morgan fingerprint density at radius 1 is 1.08 bits per heavy atom. The molecule has 0 amide bonds. The molecule has 0 spiro atoms. The number of rotatable bonds is 5. The van der Waals surface area contributed by atoms with Crippen molar-refractivity contribution in [2.45, 2.75) is 45.1 Å². The number of anilines is 1. The predicted octanol–water partition coefficient (Wildman–Crippen LogP) is 3.37. The van der Waals surface area contributed by atoms with Crippen LogP contribution in [-0.4, -0.2) is 37.8 Å². The highest BCUT2D eigenvalue weighted by molar-refractivity contribution is 5.76. The van der Waals surface area contributed by atoms with Crippen LogP contribution in [0.15, 0.2) is 64.2 Å². The van der Waals surface area contributed by atoms with Gasteiger partial charge in [-0.25, -0.2) is 9.36 Å². The minimum atomic E-state index is -4.56. The molecule has 8 nitrogen and oxygen atoms in total. The van der Waals surface area contributed by atoms with E-state index in [9.17, 15) is 22.8 Å². The van der Waals surface area contributed by atoms with Crippen LogP contribution in [0.2, 0.25) is 0 Å². The van der Waals surface area contributed by atoms with Gasteiger partial charge in [-0.1, -0.05) is 36.3 Å². The first-order valence-corrected chi connectivity index (χ1v) is 12.6. The maximum Gasteiger partial charge on any atom is 0.416 e. The first-order chi connectivity index (χ1) is 18.7. The van der Waals surface area contributed by atoms with Gasteiger partial charge in [-0.3, -0.25) is 13.9 Å². The molecule has 0 unspecified atom stereocenters. The Kier molecular flexibility index (Phi) is 7.06. The molecule has 2 N–H and O–H groups in total. The topological polar surface area (TPSA) is 91.1 Å². The summed E-state index contributed by atoms with van der Waals surface area (Å²) >= 11 is 0. The van der Waals surface area contributed by atoms with Crippen molar-refractivity contribution in [1.29, 1.82) is 0 Å². The molecule has 2 aromatic heterocycles. The summed E-state index contributed by atoms with van der Waals surface area (Å²) in [5.41, 5.74) is 4.95. The van der Waals surface area contributed by atoms with Gasteiger partial charge in [-0.05, 0) is 49.6 Å². The van der Waals surface area contributed by atoms with E-state index in [1.165, 1.54) is 16.7 Å². The van der Waals surface area contributed by atoms with Gasteiger partial charge in [-0.2, -0.15) is 18.2 Å². The maximum absolute atomic E-state index is 13.9. The third-order valence-electron chi connectivity index (χ3n) is 6.77. The van der Waals surface area contributed by atoms with Crippen molar-refractivity contribution in [2.24, 2.45) is 5.73 Å². The van der Waals surface area contributed by atoms with E-state index in [4.69, 9.17) is 10.7 Å². The Hall–Kier alpha value is -4.30. The molecule has 1 atom stereocenters. The minimum Gasteiger partial charge on any atom is -0.341 e. The standard InChI is InChI=1S/C28H27F3N6O2/c1-2-3-15-35-23-24(33-26(35)34-14-8-11-21(32)18-34)37(22-12-5-4-6-13-22)27(39)36(25(23)38)17-19-9-7-10-20(16-19)28(29,30)31/h4-7,9-10,12-13,16,21H,8,11,14-15,17-18,32H2,1H3/t21-/m1/s1. The largest absolute Gasteiger partial charge is 0.416 e. The monoisotopic (exact) mass is 536 g/mol. The van der Waals surface area contributed by atoms with E-state index in [0.717, 1.165) is 29.5 Å². The summed E-state index contributed by atoms with van der Waals surface area (Å²) in [4.78, 5) is 34.6. The van der Waals surface area contributed by atoms with Gasteiger partial charge in [0.25, 0.3) is 5.56 Å². The fourth-order valence-electron chi connectivity index (χ4n) is 4.94. The fraction of sp³-hybridized carbons (Fsp3) is 0.321. The van der Waals surface area contributed by atoms with Crippen molar-refractivity contribution < 1.29 is 13.2 Å². The quantitative estimate of drug-likeness (QED) is 0.395. The number of hydrogen-bond donors (Lipinski definition) is 1. The van der Waals surface area contributed by atoms with Crippen molar-refractivity contribution in [3.8, 4) is 17.5 Å². The number of alkyl halides is 3. The second-order valence-electron chi connectivity index (χ2n) is 9.49. The van der Waals surface area contributed by atoms with Gasteiger partial charge < -0.3 is 10.6 Å². The van der Waals surface area contributed by atoms with E-state index in [-0.39, 0.29) is 35.9 Å². The van der Waals surface area contributed by atoms with Crippen LogP contribution in [0.3, 0.4) is 0 Å². The molecule has 1 fully saturated rings. The lowest BCUT2D eigenvalue weighted by Crippen LogP contribution is -2.44. The lowest BCUT2D eigenvalue weighted by molar-refractivity contribution is -0.137. The Morgan fingerprint density at radius 3 is 2.54 bits per heavy atom. The molecule has 1 aliphatic heterocycles. The number of halogens is 3. The van der Waals surface area contributed by atoms with Crippen molar-refractivity contribution in [3.05, 3.63) is 86.6 Å². The first kappa shape index (κ1) is 26.3. The van der Waals surface area contributed by atoms with Gasteiger partial charge in [0.15, 0.2) is 11.2 Å². The van der Waals surface area contributed by atoms with E-state index in [1.807, 2.05) is 4.90 Å². The fourth-order valence-corrected chi connectivity index (χ4v) is 4.94. The van der Waals surface area contributed by atoms with Crippen LogP contribution in [0.4, 0.5) is 19.1 Å². The van der Waals surface area contributed by atoms with Crippen LogP contribution >= 0.6 is 0 Å². The molecule has 2 aromatic carbocycles. The minimum absolute atomic E-state index is 0.0712. The second kappa shape index (κ2) is 10.5. The number of fused-ring (bicyclic) bond motifs is 1. The highest BCUT2D eigenvalue weighted by Gasteiger charge is 2.31. The molecule has 1 aliphatic rings. The summed E-state index contributed by atoms with van der Waals surface area (Å²) < 4.78 is 44.0. The molecule has 4 aromatic rings. The van der Waals surface area contributed by atoms with Crippen molar-refractivity contribution in [2.75, 3.05) is 18.0 Å². The molecular weight excluding hydrogens is 509 g/mol. The van der Waals surface area contributed by atoms with E-state index < -0.39 is 23.0 Å². The molecule has 0 aliphatic carbocycles. The van der Waals surface area contributed by atoms with Gasteiger partial charge in [0.2, 0.25) is 5.95 Å². The van der Waals surface area contributed by atoms with Gasteiger partial charge in [0.05, 0.1) is 24.3 Å². The summed E-state index contributed by atoms with van der Waals surface area (Å²) in [6.45, 7) is 2.67. The highest BCUT2D eigenvalue weighted by Crippen LogP contribution is 2.30. The Balaban J connectivity index is 1.79. The van der Waals surface area contributed by atoms with Crippen molar-refractivity contribution in [3.63, 3.8) is 0 Å². The third-order valence-corrected chi connectivity index (χ3v) is 6.77. The zero-order chi connectivity index (χ0) is 27.7. The zero-order valence-electron chi connectivity index (χ0n) is 21.3.